The van der Waals surface area contributed by atoms with Gasteiger partial charge in [-0.3, -0.25) is 4.79 Å². The summed E-state index contributed by atoms with van der Waals surface area (Å²) in [7, 11) is 1.84. The molecule has 3 fully saturated rings. The number of nitrogens with zero attached hydrogens (tertiary/aromatic N) is 1. The number of amides is 1. The first kappa shape index (κ1) is 18.0. The van der Waals surface area contributed by atoms with Crippen LogP contribution in [0, 0.1) is 17.8 Å². The fourth-order valence-electron chi connectivity index (χ4n) is 5.60. The minimum absolute atomic E-state index is 0.299. The van der Waals surface area contributed by atoms with E-state index in [1.54, 1.807) is 6.07 Å². The molecule has 1 amide bonds. The number of primary amides is 1. The molecule has 5 heteroatoms. The van der Waals surface area contributed by atoms with Crippen molar-refractivity contribution in [2.24, 2.45) is 23.5 Å². The fraction of sp³-hybridized carbons (Fsp3) is 0.667. The van der Waals surface area contributed by atoms with E-state index in [0.717, 1.165) is 38.4 Å². The minimum Gasteiger partial charge on any atom is -0.381 e. The van der Waals surface area contributed by atoms with Crippen LogP contribution >= 0.6 is 0 Å². The Bertz CT molecular complexity index is 642. The molecule has 4 rings (SSSR count). The van der Waals surface area contributed by atoms with Gasteiger partial charge in [-0.25, -0.2) is 0 Å². The molecule has 2 N–H and O–H groups in total. The third-order valence-corrected chi connectivity index (χ3v) is 6.75. The van der Waals surface area contributed by atoms with E-state index in [1.807, 2.05) is 19.2 Å². The number of fused-ring (bicyclic) bond motifs is 2. The van der Waals surface area contributed by atoms with Gasteiger partial charge in [-0.15, -0.1) is 0 Å². The highest BCUT2D eigenvalue weighted by atomic mass is 16.5. The van der Waals surface area contributed by atoms with Gasteiger partial charge in [-0.05, 0) is 42.9 Å². The predicted octanol–water partition coefficient (Wildman–Crippen LogP) is 2.40. The molecular formula is C21H30N2O3. The first-order valence-electron chi connectivity index (χ1n) is 9.89. The van der Waals surface area contributed by atoms with Crippen LogP contribution in [-0.4, -0.2) is 50.8 Å². The van der Waals surface area contributed by atoms with E-state index in [1.165, 1.54) is 25.7 Å². The second-order valence-electron chi connectivity index (χ2n) is 8.22. The highest BCUT2D eigenvalue weighted by molar-refractivity contribution is 5.92. The van der Waals surface area contributed by atoms with Gasteiger partial charge in [0, 0.05) is 50.8 Å². The zero-order valence-corrected chi connectivity index (χ0v) is 15.7. The van der Waals surface area contributed by atoms with E-state index in [0.29, 0.717) is 23.3 Å². The lowest BCUT2D eigenvalue weighted by Crippen LogP contribution is -2.59. The Labute approximate surface area is 155 Å². The number of hydrogen-bond acceptors (Lipinski definition) is 4. The maximum absolute atomic E-state index is 11.7. The second kappa shape index (κ2) is 7.29. The summed E-state index contributed by atoms with van der Waals surface area (Å²) >= 11 is 0. The maximum atomic E-state index is 11.7. The van der Waals surface area contributed by atoms with E-state index in [-0.39, 0.29) is 11.5 Å². The molecule has 2 aliphatic heterocycles. The molecule has 1 aliphatic carbocycles. The Balaban J connectivity index is 1.61. The van der Waals surface area contributed by atoms with Gasteiger partial charge in [-0.2, -0.15) is 0 Å². The normalized spacial score (nSPS) is 34.7. The number of carbonyl (C=O) groups excluding carboxylic acids is 1. The van der Waals surface area contributed by atoms with Gasteiger partial charge in [0.1, 0.15) is 5.60 Å². The summed E-state index contributed by atoms with van der Waals surface area (Å²) in [6, 6.07) is 7.80. The molecule has 2 saturated heterocycles. The van der Waals surface area contributed by atoms with Gasteiger partial charge >= 0.3 is 0 Å². The van der Waals surface area contributed by atoms with Gasteiger partial charge in [0.25, 0.3) is 0 Å². The van der Waals surface area contributed by atoms with Gasteiger partial charge in [0.2, 0.25) is 5.91 Å². The first-order valence-corrected chi connectivity index (χ1v) is 9.89. The predicted molar refractivity (Wildman–Crippen MR) is 99.8 cm³/mol. The fourth-order valence-corrected chi connectivity index (χ4v) is 5.60. The number of rotatable bonds is 5. The molecular weight excluding hydrogens is 328 g/mol. The number of nitrogens with two attached hydrogens (primary N) is 1. The van der Waals surface area contributed by atoms with E-state index < -0.39 is 0 Å². The van der Waals surface area contributed by atoms with Crippen LogP contribution in [0.15, 0.2) is 24.3 Å². The Morgan fingerprint density at radius 3 is 2.69 bits per heavy atom. The summed E-state index contributed by atoms with van der Waals surface area (Å²) in [5.41, 5.74) is 6.92. The number of benzene rings is 1. The number of methoxy groups -OCH3 is 1. The molecule has 1 saturated carbocycles. The van der Waals surface area contributed by atoms with Crippen LogP contribution in [0.2, 0.25) is 0 Å². The van der Waals surface area contributed by atoms with Crippen LogP contribution < -0.4 is 5.73 Å². The lowest BCUT2D eigenvalue weighted by molar-refractivity contribution is -0.170. The lowest BCUT2D eigenvalue weighted by atomic mass is 9.62. The number of likely N-dealkylation sites (tertiary alicyclic amines) is 1. The number of ether oxygens (including phenoxy) is 2. The largest absolute Gasteiger partial charge is 0.381 e. The van der Waals surface area contributed by atoms with Gasteiger partial charge in [0.15, 0.2) is 0 Å². The van der Waals surface area contributed by atoms with Crippen molar-refractivity contribution in [3.63, 3.8) is 0 Å². The van der Waals surface area contributed by atoms with Crippen molar-refractivity contribution in [2.45, 2.75) is 31.3 Å². The zero-order chi connectivity index (χ0) is 18.1. The highest BCUT2D eigenvalue weighted by Gasteiger charge is 2.53. The van der Waals surface area contributed by atoms with Gasteiger partial charge in [0.05, 0.1) is 6.61 Å². The second-order valence-corrected chi connectivity index (χ2v) is 8.22. The Morgan fingerprint density at radius 1 is 1.31 bits per heavy atom. The summed E-state index contributed by atoms with van der Waals surface area (Å²) < 4.78 is 11.8. The molecule has 2 heterocycles. The lowest BCUT2D eigenvalue weighted by Gasteiger charge is -2.55. The average Bonchev–Trinajstić information content (AvgIpc) is 3.14. The van der Waals surface area contributed by atoms with E-state index in [4.69, 9.17) is 15.2 Å². The monoisotopic (exact) mass is 358 g/mol. The van der Waals surface area contributed by atoms with Crippen molar-refractivity contribution in [1.82, 2.24) is 4.90 Å². The van der Waals surface area contributed by atoms with Gasteiger partial charge in [-0.1, -0.05) is 18.6 Å². The van der Waals surface area contributed by atoms with Crippen LogP contribution in [0.3, 0.4) is 0 Å². The molecule has 26 heavy (non-hydrogen) atoms. The molecule has 3 atom stereocenters. The first-order chi connectivity index (χ1) is 12.6. The molecule has 1 aromatic rings. The van der Waals surface area contributed by atoms with Crippen LogP contribution in [-0.2, 0) is 15.1 Å². The summed E-state index contributed by atoms with van der Waals surface area (Å²) in [5.74, 6) is 1.20. The third kappa shape index (κ3) is 3.06. The number of piperidine rings is 1. The van der Waals surface area contributed by atoms with E-state index >= 15 is 0 Å². The number of hydrogen-bond donors (Lipinski definition) is 1. The smallest absolute Gasteiger partial charge is 0.248 e. The molecule has 2 bridgehead atoms. The van der Waals surface area contributed by atoms with Gasteiger partial charge < -0.3 is 20.1 Å². The van der Waals surface area contributed by atoms with Crippen molar-refractivity contribution < 1.29 is 14.3 Å². The van der Waals surface area contributed by atoms with Crippen molar-refractivity contribution in [3.05, 3.63) is 35.4 Å². The van der Waals surface area contributed by atoms with Crippen molar-refractivity contribution >= 4 is 5.91 Å². The topological polar surface area (TPSA) is 64.8 Å². The van der Waals surface area contributed by atoms with Crippen LogP contribution in [0.5, 0.6) is 0 Å². The third-order valence-electron chi connectivity index (χ3n) is 6.75. The quantitative estimate of drug-likeness (QED) is 0.878. The zero-order valence-electron chi connectivity index (χ0n) is 15.7. The molecule has 2 unspecified atom stereocenters. The number of carbonyl (C=O) groups is 1. The van der Waals surface area contributed by atoms with Crippen LogP contribution in [0.4, 0.5) is 0 Å². The molecule has 1 aromatic carbocycles. The summed E-state index contributed by atoms with van der Waals surface area (Å²) in [6.07, 6.45) is 4.78. The van der Waals surface area contributed by atoms with Crippen molar-refractivity contribution in [3.8, 4) is 0 Å². The maximum Gasteiger partial charge on any atom is 0.248 e. The summed E-state index contributed by atoms with van der Waals surface area (Å²) in [6.45, 7) is 5.06. The van der Waals surface area contributed by atoms with Crippen LogP contribution in [0.25, 0.3) is 0 Å². The highest BCUT2D eigenvalue weighted by Crippen LogP contribution is 2.51. The molecule has 0 aromatic heterocycles. The summed E-state index contributed by atoms with van der Waals surface area (Å²) in [4.78, 5) is 14.3. The SMILES string of the molecule is COC1(c2cccc(C(N)=O)c2)C2CCCC1CN(C[C@H]1CCOC1)C2. The Kier molecular flexibility index (Phi) is 5.04. The standard InChI is InChI=1S/C21H30N2O3/c1-25-21(17-5-2-4-16(10-17)20(22)24)18-6-3-7-19(21)13-23(12-18)11-15-8-9-26-14-15/h2,4-5,10,15,18-19H,3,6-9,11-14H2,1H3,(H2,22,24)/t15-,18?,19?,21?/m1/s1. The Morgan fingerprint density at radius 2 is 2.08 bits per heavy atom. The van der Waals surface area contributed by atoms with Crippen LogP contribution in [0.1, 0.15) is 41.6 Å². The van der Waals surface area contributed by atoms with Crippen molar-refractivity contribution in [2.75, 3.05) is 40.0 Å². The molecule has 142 valence electrons. The molecule has 3 aliphatic rings. The molecule has 0 radical (unpaired) electrons. The molecule has 0 spiro atoms. The minimum atomic E-state index is -0.373. The van der Waals surface area contributed by atoms with E-state index in [9.17, 15) is 4.79 Å². The Hall–Kier alpha value is -1.43. The average molecular weight is 358 g/mol. The van der Waals surface area contributed by atoms with E-state index in [2.05, 4.69) is 11.0 Å². The van der Waals surface area contributed by atoms with Crippen molar-refractivity contribution in [1.29, 1.82) is 0 Å². The molecule has 5 nitrogen and oxygen atoms in total. The summed E-state index contributed by atoms with van der Waals surface area (Å²) in [5, 5.41) is 0.